The average molecular weight is 487 g/mol. The summed E-state index contributed by atoms with van der Waals surface area (Å²) in [5, 5.41) is 14.4. The molecule has 0 unspecified atom stereocenters. The van der Waals surface area contributed by atoms with Crippen molar-refractivity contribution in [2.45, 2.75) is 19.5 Å². The van der Waals surface area contributed by atoms with Gasteiger partial charge in [0.1, 0.15) is 17.1 Å². The molecule has 184 valence electrons. The Hall–Kier alpha value is -4.59. The number of amides is 1. The number of anilines is 2. The van der Waals surface area contributed by atoms with Crippen molar-refractivity contribution in [3.05, 3.63) is 95.6 Å². The van der Waals surface area contributed by atoms with Gasteiger partial charge in [-0.15, -0.1) is 0 Å². The number of methoxy groups -OCH3 is 1. The predicted octanol–water partition coefficient (Wildman–Crippen LogP) is 4.26. The van der Waals surface area contributed by atoms with Gasteiger partial charge in [0.15, 0.2) is 0 Å². The number of esters is 1. The number of ketones is 1. The maximum Gasteiger partial charge on any atom is 0.358 e. The third kappa shape index (κ3) is 4.17. The van der Waals surface area contributed by atoms with Gasteiger partial charge in [0.25, 0.3) is 11.4 Å². The fourth-order valence-corrected chi connectivity index (χ4v) is 4.18. The third-order valence-electron chi connectivity index (χ3n) is 5.87. The zero-order valence-corrected chi connectivity index (χ0v) is 20.1. The summed E-state index contributed by atoms with van der Waals surface area (Å²) in [7, 11) is 1.15. The van der Waals surface area contributed by atoms with Crippen molar-refractivity contribution in [3.8, 4) is 5.75 Å². The quantitative estimate of drug-likeness (QED) is 0.223. The Morgan fingerprint density at radius 2 is 1.61 bits per heavy atom. The Bertz CT molecular complexity index is 1320. The summed E-state index contributed by atoms with van der Waals surface area (Å²) in [5.74, 6) is -2.87. The molecule has 1 heterocycles. The highest BCUT2D eigenvalue weighted by molar-refractivity contribution is 6.54. The first-order valence-electron chi connectivity index (χ1n) is 11.4. The van der Waals surface area contributed by atoms with E-state index in [1.165, 1.54) is 0 Å². The standard InChI is InChI=1S/C28H26N2O6/c1-4-36-22-16-14-20(15-17-22)29-28(27(34)35-3)23(24(31)19-12-10-18(2)11-13-19)25(32)26(33)30(28)21-8-6-5-7-9-21/h5-17,29,31H,4H2,1-3H3/b24-23+/t28-/m1/s1. The Labute approximate surface area is 208 Å². The summed E-state index contributed by atoms with van der Waals surface area (Å²) in [4.78, 5) is 41.5. The first kappa shape index (κ1) is 24.5. The first-order valence-corrected chi connectivity index (χ1v) is 11.4. The molecular formula is C28H26N2O6. The third-order valence-corrected chi connectivity index (χ3v) is 5.87. The lowest BCUT2D eigenvalue weighted by molar-refractivity contribution is -0.145. The number of aliphatic hydroxyl groups is 1. The fraction of sp³-hybridized carbons (Fsp3) is 0.179. The predicted molar refractivity (Wildman–Crippen MR) is 136 cm³/mol. The zero-order valence-electron chi connectivity index (χ0n) is 20.1. The highest BCUT2D eigenvalue weighted by Crippen LogP contribution is 2.42. The number of rotatable bonds is 7. The highest BCUT2D eigenvalue weighted by atomic mass is 16.5. The topological polar surface area (TPSA) is 105 Å². The van der Waals surface area contributed by atoms with Crippen molar-refractivity contribution < 1.29 is 29.0 Å². The normalized spacial score (nSPS) is 18.7. The van der Waals surface area contributed by atoms with Crippen molar-refractivity contribution in [1.82, 2.24) is 0 Å². The van der Waals surface area contributed by atoms with Crippen LogP contribution in [0.2, 0.25) is 0 Å². The molecule has 1 fully saturated rings. The van der Waals surface area contributed by atoms with Gasteiger partial charge in [0.2, 0.25) is 0 Å². The second-order valence-corrected chi connectivity index (χ2v) is 8.18. The molecule has 36 heavy (non-hydrogen) atoms. The molecule has 8 nitrogen and oxygen atoms in total. The Kier molecular flexibility index (Phi) is 6.78. The lowest BCUT2D eigenvalue weighted by Crippen LogP contribution is -2.59. The van der Waals surface area contributed by atoms with Crippen LogP contribution in [-0.4, -0.2) is 42.1 Å². The van der Waals surface area contributed by atoms with Crippen LogP contribution in [0.25, 0.3) is 5.76 Å². The van der Waals surface area contributed by atoms with E-state index in [0.717, 1.165) is 17.6 Å². The van der Waals surface area contributed by atoms with Crippen molar-refractivity contribution in [2.24, 2.45) is 0 Å². The molecule has 1 saturated heterocycles. The number of hydrogen-bond donors (Lipinski definition) is 2. The van der Waals surface area contributed by atoms with E-state index in [9.17, 15) is 19.5 Å². The molecule has 0 aliphatic carbocycles. The van der Waals surface area contributed by atoms with Gasteiger partial charge in [-0.2, -0.15) is 0 Å². The van der Waals surface area contributed by atoms with E-state index in [4.69, 9.17) is 9.47 Å². The van der Waals surface area contributed by atoms with Gasteiger partial charge in [0.05, 0.1) is 13.7 Å². The number of Topliss-reactive ketones (excluding diaryl/α,β-unsaturated/α-hetero) is 1. The number of carbonyl (C=O) groups is 3. The number of hydrogen-bond acceptors (Lipinski definition) is 7. The Morgan fingerprint density at radius 1 is 0.972 bits per heavy atom. The maximum atomic E-state index is 13.6. The Balaban J connectivity index is 1.99. The number of nitrogens with one attached hydrogen (secondary N) is 1. The first-order chi connectivity index (χ1) is 17.3. The minimum atomic E-state index is -2.19. The van der Waals surface area contributed by atoms with Gasteiger partial charge >= 0.3 is 11.9 Å². The van der Waals surface area contributed by atoms with E-state index >= 15 is 0 Å². The molecule has 0 spiro atoms. The van der Waals surface area contributed by atoms with Crippen LogP contribution in [0.1, 0.15) is 18.1 Å². The second-order valence-electron chi connectivity index (χ2n) is 8.18. The number of benzene rings is 3. The molecule has 3 aromatic carbocycles. The van der Waals surface area contributed by atoms with Gasteiger partial charge < -0.3 is 19.9 Å². The van der Waals surface area contributed by atoms with Crippen molar-refractivity contribution >= 4 is 34.8 Å². The van der Waals surface area contributed by atoms with E-state index in [2.05, 4.69) is 5.32 Å². The van der Waals surface area contributed by atoms with Crippen LogP contribution in [0.3, 0.4) is 0 Å². The smallest absolute Gasteiger partial charge is 0.358 e. The molecule has 0 aromatic heterocycles. The van der Waals surface area contributed by atoms with Crippen LogP contribution in [0.15, 0.2) is 84.4 Å². The van der Waals surface area contributed by atoms with Crippen molar-refractivity contribution in [3.63, 3.8) is 0 Å². The van der Waals surface area contributed by atoms with Crippen LogP contribution < -0.4 is 15.0 Å². The molecule has 1 aliphatic heterocycles. The number of nitrogens with zero attached hydrogens (tertiary/aromatic N) is 1. The van der Waals surface area contributed by atoms with Crippen LogP contribution in [-0.2, 0) is 19.1 Å². The molecule has 1 aliphatic rings. The van der Waals surface area contributed by atoms with Gasteiger partial charge in [0, 0.05) is 16.9 Å². The van der Waals surface area contributed by atoms with E-state index in [1.54, 1.807) is 78.9 Å². The average Bonchev–Trinajstić information content (AvgIpc) is 3.12. The summed E-state index contributed by atoms with van der Waals surface area (Å²) in [6.45, 7) is 4.21. The van der Waals surface area contributed by atoms with Crippen LogP contribution in [0.5, 0.6) is 5.75 Å². The monoisotopic (exact) mass is 486 g/mol. The molecule has 3 aromatic rings. The summed E-state index contributed by atoms with van der Waals surface area (Å²) >= 11 is 0. The van der Waals surface area contributed by atoms with Crippen molar-refractivity contribution in [2.75, 3.05) is 23.9 Å². The number of carbonyl (C=O) groups excluding carboxylic acids is 3. The summed E-state index contributed by atoms with van der Waals surface area (Å²) < 4.78 is 10.6. The van der Waals surface area contributed by atoms with Gasteiger partial charge in [-0.05, 0) is 50.2 Å². The van der Waals surface area contributed by atoms with E-state index in [-0.39, 0.29) is 11.3 Å². The molecular weight excluding hydrogens is 460 g/mol. The molecule has 1 atom stereocenters. The molecule has 1 amide bonds. The number of aliphatic hydroxyl groups excluding tert-OH is 1. The van der Waals surface area contributed by atoms with Gasteiger partial charge in [-0.25, -0.2) is 4.79 Å². The number of aryl methyl sites for hydroxylation is 1. The van der Waals surface area contributed by atoms with Gasteiger partial charge in [-0.3, -0.25) is 14.5 Å². The van der Waals surface area contributed by atoms with Crippen LogP contribution >= 0.6 is 0 Å². The molecule has 4 rings (SSSR count). The summed E-state index contributed by atoms with van der Waals surface area (Å²) in [5.41, 5.74) is -0.753. The number of para-hydroxylation sites is 1. The zero-order chi connectivity index (χ0) is 25.9. The van der Waals surface area contributed by atoms with E-state index in [0.29, 0.717) is 18.0 Å². The minimum Gasteiger partial charge on any atom is -0.507 e. The highest BCUT2D eigenvalue weighted by Gasteiger charge is 2.63. The molecule has 0 saturated carbocycles. The van der Waals surface area contributed by atoms with Crippen LogP contribution in [0, 0.1) is 6.92 Å². The minimum absolute atomic E-state index is 0.270. The number of ether oxygens (including phenoxy) is 2. The SMILES string of the molecule is CCOc1ccc(N[C@]2(C(=O)OC)/C(=C(/O)c3ccc(C)cc3)C(=O)C(=O)N2c2ccccc2)cc1. The van der Waals surface area contributed by atoms with E-state index < -0.39 is 34.7 Å². The van der Waals surface area contributed by atoms with Crippen LogP contribution in [0.4, 0.5) is 11.4 Å². The second kappa shape index (κ2) is 9.95. The largest absolute Gasteiger partial charge is 0.507 e. The molecule has 0 radical (unpaired) electrons. The summed E-state index contributed by atoms with van der Waals surface area (Å²) in [6.07, 6.45) is 0. The van der Waals surface area contributed by atoms with Gasteiger partial charge in [-0.1, -0.05) is 48.0 Å². The molecule has 2 N–H and O–H groups in total. The molecule has 0 bridgehead atoms. The Morgan fingerprint density at radius 3 is 2.19 bits per heavy atom. The molecule has 8 heteroatoms. The maximum absolute atomic E-state index is 13.6. The fourth-order valence-electron chi connectivity index (χ4n) is 4.18. The lowest BCUT2D eigenvalue weighted by atomic mass is 9.93. The van der Waals surface area contributed by atoms with E-state index in [1.807, 2.05) is 13.8 Å². The summed E-state index contributed by atoms with van der Waals surface area (Å²) in [6, 6.07) is 21.7. The lowest BCUT2D eigenvalue weighted by Gasteiger charge is -2.37. The van der Waals surface area contributed by atoms with Crippen molar-refractivity contribution in [1.29, 1.82) is 0 Å².